The van der Waals surface area contributed by atoms with Crippen LogP contribution in [0.5, 0.6) is 0 Å². The van der Waals surface area contributed by atoms with E-state index in [4.69, 9.17) is 0 Å². The second kappa shape index (κ2) is 6.60. The van der Waals surface area contributed by atoms with Gasteiger partial charge < -0.3 is 20.5 Å². The number of amides is 3. The Labute approximate surface area is 155 Å². The number of aryl methyl sites for hydroxylation is 1. The molecular weight excluding hydrogens is 344 g/mol. The van der Waals surface area contributed by atoms with Crippen LogP contribution in [0.25, 0.3) is 10.9 Å². The highest BCUT2D eigenvalue weighted by atomic mass is 16.2. The summed E-state index contributed by atoms with van der Waals surface area (Å²) in [5, 5.41) is 9.08. The van der Waals surface area contributed by atoms with Gasteiger partial charge in [-0.15, -0.1) is 0 Å². The third kappa shape index (κ3) is 3.15. The normalized spacial score (nSPS) is 16.3. The van der Waals surface area contributed by atoms with Gasteiger partial charge in [0.2, 0.25) is 11.8 Å². The van der Waals surface area contributed by atoms with E-state index in [1.165, 1.54) is 0 Å². The van der Waals surface area contributed by atoms with Crippen molar-refractivity contribution >= 4 is 40.0 Å². The highest BCUT2D eigenvalue weighted by molar-refractivity contribution is 6.11. The van der Waals surface area contributed by atoms with Gasteiger partial charge in [0.25, 0.3) is 5.91 Å². The zero-order chi connectivity index (χ0) is 19.0. The predicted molar refractivity (Wildman–Crippen MR) is 102 cm³/mol. The van der Waals surface area contributed by atoms with Gasteiger partial charge in [-0.2, -0.15) is 0 Å². The van der Waals surface area contributed by atoms with Crippen LogP contribution in [0.1, 0.15) is 16.8 Å². The van der Waals surface area contributed by atoms with Crippen molar-refractivity contribution in [2.75, 3.05) is 10.6 Å². The molecule has 3 N–H and O–H groups in total. The minimum atomic E-state index is -0.945. The lowest BCUT2D eigenvalue weighted by molar-refractivity contribution is -0.122. The number of hydrogen-bond donors (Lipinski definition) is 3. The summed E-state index contributed by atoms with van der Waals surface area (Å²) >= 11 is 0. The van der Waals surface area contributed by atoms with Crippen LogP contribution in [0.3, 0.4) is 0 Å². The molecule has 0 radical (unpaired) electrons. The van der Waals surface area contributed by atoms with Gasteiger partial charge in [-0.05, 0) is 30.3 Å². The average molecular weight is 362 g/mol. The number of nitrogens with one attached hydrogen (secondary N) is 3. The Morgan fingerprint density at radius 2 is 1.93 bits per heavy atom. The molecule has 0 saturated carbocycles. The maximum atomic E-state index is 12.5. The van der Waals surface area contributed by atoms with E-state index in [0.29, 0.717) is 16.9 Å². The third-order valence-corrected chi connectivity index (χ3v) is 4.64. The van der Waals surface area contributed by atoms with Crippen molar-refractivity contribution in [3.8, 4) is 0 Å². The van der Waals surface area contributed by atoms with E-state index < -0.39 is 11.9 Å². The molecule has 2 heterocycles. The molecule has 4 rings (SSSR count). The molecule has 0 saturated heterocycles. The minimum Gasteiger partial charge on any atom is -0.350 e. The summed E-state index contributed by atoms with van der Waals surface area (Å²) in [7, 11) is 1.93. The summed E-state index contributed by atoms with van der Waals surface area (Å²) in [6.07, 6.45) is 1.76. The fraction of sp³-hybridized carbons (Fsp3) is 0.150. The largest absolute Gasteiger partial charge is 0.350 e. The van der Waals surface area contributed by atoms with E-state index in [0.717, 1.165) is 10.9 Å². The minimum absolute atomic E-state index is 0.158. The molecule has 3 aromatic rings. The van der Waals surface area contributed by atoms with Crippen molar-refractivity contribution in [1.29, 1.82) is 0 Å². The van der Waals surface area contributed by atoms with Gasteiger partial charge >= 0.3 is 0 Å². The van der Waals surface area contributed by atoms with Crippen LogP contribution in [-0.2, 0) is 16.6 Å². The first-order valence-electron chi connectivity index (χ1n) is 8.57. The standard InChI is InChI=1S/C20H18N4O3/c1-24-10-9-12-14(7-4-8-17(12)24)21-18(25)11-16-20(27)22-15-6-3-2-5-13(15)19(26)23-16/h2-10,16H,11H2,1H3,(H,21,25)(H,22,27)(H,23,26)/t16-/m0/s1. The van der Waals surface area contributed by atoms with Crippen LogP contribution in [-0.4, -0.2) is 28.3 Å². The van der Waals surface area contributed by atoms with Crippen molar-refractivity contribution < 1.29 is 14.4 Å². The summed E-state index contributed by atoms with van der Waals surface area (Å²) < 4.78 is 1.96. The molecule has 7 heteroatoms. The molecule has 7 nitrogen and oxygen atoms in total. The molecule has 1 atom stereocenters. The first kappa shape index (κ1) is 16.8. The monoisotopic (exact) mass is 362 g/mol. The Hall–Kier alpha value is -3.61. The van der Waals surface area contributed by atoms with Gasteiger partial charge in [-0.25, -0.2) is 0 Å². The average Bonchev–Trinajstić information content (AvgIpc) is 2.98. The van der Waals surface area contributed by atoms with E-state index in [9.17, 15) is 14.4 Å². The smallest absolute Gasteiger partial charge is 0.254 e. The number of carbonyl (C=O) groups is 3. The summed E-state index contributed by atoms with van der Waals surface area (Å²) in [5.41, 5.74) is 2.48. The first-order valence-corrected chi connectivity index (χ1v) is 8.57. The molecule has 1 aromatic heterocycles. The second-order valence-corrected chi connectivity index (χ2v) is 6.48. The Balaban J connectivity index is 1.51. The Kier molecular flexibility index (Phi) is 4.12. The highest BCUT2D eigenvalue weighted by Crippen LogP contribution is 2.24. The molecule has 3 amide bonds. The van der Waals surface area contributed by atoms with Crippen LogP contribution in [0, 0.1) is 0 Å². The predicted octanol–water partition coefficient (Wildman–Crippen LogP) is 2.26. The lowest BCUT2D eigenvalue weighted by Gasteiger charge is -2.14. The number of benzene rings is 2. The topological polar surface area (TPSA) is 92.2 Å². The van der Waals surface area contributed by atoms with Gasteiger partial charge in [0.1, 0.15) is 6.04 Å². The highest BCUT2D eigenvalue weighted by Gasteiger charge is 2.29. The number of fused-ring (bicyclic) bond motifs is 2. The van der Waals surface area contributed by atoms with Crippen molar-refractivity contribution in [3.05, 3.63) is 60.3 Å². The number of rotatable bonds is 3. The first-order chi connectivity index (χ1) is 13.0. The van der Waals surface area contributed by atoms with E-state index in [1.807, 2.05) is 42.1 Å². The molecule has 27 heavy (non-hydrogen) atoms. The van der Waals surface area contributed by atoms with Crippen molar-refractivity contribution in [2.24, 2.45) is 7.05 Å². The number of para-hydroxylation sites is 1. The summed E-state index contributed by atoms with van der Waals surface area (Å²) in [6, 6.07) is 13.3. The molecule has 2 aromatic carbocycles. The van der Waals surface area contributed by atoms with E-state index in [1.54, 1.807) is 24.3 Å². The number of hydrogen-bond acceptors (Lipinski definition) is 3. The SMILES string of the molecule is Cn1ccc2c(NC(=O)C[C@@H]3NC(=O)c4ccccc4NC3=O)cccc21. The summed E-state index contributed by atoms with van der Waals surface area (Å²) in [6.45, 7) is 0. The molecule has 0 fully saturated rings. The molecule has 0 spiro atoms. The Morgan fingerprint density at radius 1 is 1.11 bits per heavy atom. The van der Waals surface area contributed by atoms with Gasteiger partial charge in [0, 0.05) is 24.1 Å². The van der Waals surface area contributed by atoms with Gasteiger partial charge in [-0.3, -0.25) is 14.4 Å². The van der Waals surface area contributed by atoms with Crippen LogP contribution < -0.4 is 16.0 Å². The molecule has 0 bridgehead atoms. The summed E-state index contributed by atoms with van der Waals surface area (Å²) in [5.74, 6) is -1.15. The molecule has 1 aliphatic heterocycles. The van der Waals surface area contributed by atoms with Crippen LogP contribution in [0.4, 0.5) is 11.4 Å². The lowest BCUT2D eigenvalue weighted by atomic mass is 10.1. The van der Waals surface area contributed by atoms with E-state index in [2.05, 4.69) is 16.0 Å². The Morgan fingerprint density at radius 3 is 2.78 bits per heavy atom. The maximum Gasteiger partial charge on any atom is 0.254 e. The zero-order valence-electron chi connectivity index (χ0n) is 14.7. The molecule has 0 aliphatic carbocycles. The fourth-order valence-electron chi connectivity index (χ4n) is 3.25. The van der Waals surface area contributed by atoms with E-state index >= 15 is 0 Å². The van der Waals surface area contributed by atoms with Crippen molar-refractivity contribution in [1.82, 2.24) is 9.88 Å². The van der Waals surface area contributed by atoms with Gasteiger partial charge in [0.05, 0.1) is 23.4 Å². The van der Waals surface area contributed by atoms with Crippen LogP contribution in [0.15, 0.2) is 54.7 Å². The van der Waals surface area contributed by atoms with Gasteiger partial charge in [-0.1, -0.05) is 18.2 Å². The number of nitrogens with zero attached hydrogens (tertiary/aromatic N) is 1. The third-order valence-electron chi connectivity index (χ3n) is 4.64. The van der Waals surface area contributed by atoms with E-state index in [-0.39, 0.29) is 18.2 Å². The molecule has 0 unspecified atom stereocenters. The molecular formula is C20H18N4O3. The van der Waals surface area contributed by atoms with Crippen LogP contribution >= 0.6 is 0 Å². The van der Waals surface area contributed by atoms with Crippen molar-refractivity contribution in [3.63, 3.8) is 0 Å². The molecule has 136 valence electrons. The quantitative estimate of drug-likeness (QED) is 0.667. The number of carbonyl (C=O) groups excluding carboxylic acids is 3. The number of aromatic nitrogens is 1. The molecule has 1 aliphatic rings. The van der Waals surface area contributed by atoms with Crippen LogP contribution in [0.2, 0.25) is 0 Å². The maximum absolute atomic E-state index is 12.5. The summed E-state index contributed by atoms with van der Waals surface area (Å²) in [4.78, 5) is 37.3. The van der Waals surface area contributed by atoms with Gasteiger partial charge in [0.15, 0.2) is 0 Å². The van der Waals surface area contributed by atoms with Crippen molar-refractivity contribution in [2.45, 2.75) is 12.5 Å². The second-order valence-electron chi connectivity index (χ2n) is 6.48. The number of anilines is 2. The zero-order valence-corrected chi connectivity index (χ0v) is 14.7. The fourth-order valence-corrected chi connectivity index (χ4v) is 3.25. The lowest BCUT2D eigenvalue weighted by Crippen LogP contribution is -2.43. The Bertz CT molecular complexity index is 1070.